The van der Waals surface area contributed by atoms with E-state index >= 15 is 0 Å². The highest BCUT2D eigenvalue weighted by molar-refractivity contribution is 9.10. The Balaban J connectivity index is 2.36. The molecule has 0 radical (unpaired) electrons. The number of hydrogen-bond acceptors (Lipinski definition) is 1. The highest BCUT2D eigenvalue weighted by atomic mass is 79.9. The first-order chi connectivity index (χ1) is 9.97. The molecule has 1 unspecified atom stereocenters. The van der Waals surface area contributed by atoms with E-state index in [1.807, 2.05) is 36.6 Å². The van der Waals surface area contributed by atoms with Crippen molar-refractivity contribution in [3.8, 4) is 5.69 Å². The van der Waals surface area contributed by atoms with Gasteiger partial charge in [-0.1, -0.05) is 6.07 Å². The van der Waals surface area contributed by atoms with E-state index in [4.69, 9.17) is 11.6 Å². The molecule has 0 N–H and O–H groups in total. The van der Waals surface area contributed by atoms with Crippen molar-refractivity contribution < 1.29 is 4.39 Å². The molecular weight excluding hydrogens is 355 g/mol. The van der Waals surface area contributed by atoms with Crippen LogP contribution >= 0.6 is 27.5 Å². The Kier molecular flexibility index (Phi) is 3.76. The SMILES string of the molecule is Cc1ccc(-n2c(C(C)Cl)nc3cc(F)ccc32)c(Br)c1. The van der Waals surface area contributed by atoms with Gasteiger partial charge in [0.15, 0.2) is 0 Å². The first-order valence-electron chi connectivity index (χ1n) is 6.56. The van der Waals surface area contributed by atoms with Crippen LogP contribution in [0.5, 0.6) is 0 Å². The summed E-state index contributed by atoms with van der Waals surface area (Å²) in [6, 6.07) is 10.7. The third-order valence-electron chi connectivity index (χ3n) is 3.34. The number of rotatable bonds is 2. The van der Waals surface area contributed by atoms with Crippen LogP contribution in [0.3, 0.4) is 0 Å². The van der Waals surface area contributed by atoms with Crippen molar-refractivity contribution in [3.05, 3.63) is 58.1 Å². The molecule has 0 fully saturated rings. The van der Waals surface area contributed by atoms with Gasteiger partial charge in [0.05, 0.1) is 22.1 Å². The van der Waals surface area contributed by atoms with Crippen molar-refractivity contribution in [2.75, 3.05) is 0 Å². The predicted molar refractivity (Wildman–Crippen MR) is 87.7 cm³/mol. The van der Waals surface area contributed by atoms with Crippen LogP contribution in [0, 0.1) is 12.7 Å². The fourth-order valence-electron chi connectivity index (χ4n) is 2.39. The van der Waals surface area contributed by atoms with Crippen molar-refractivity contribution in [2.45, 2.75) is 19.2 Å². The molecule has 5 heteroatoms. The first-order valence-corrected chi connectivity index (χ1v) is 7.79. The Bertz CT molecular complexity index is 827. The lowest BCUT2D eigenvalue weighted by Gasteiger charge is -2.13. The largest absolute Gasteiger partial charge is 0.294 e. The number of hydrogen-bond donors (Lipinski definition) is 0. The highest BCUT2D eigenvalue weighted by Gasteiger charge is 2.18. The average Bonchev–Trinajstić information content (AvgIpc) is 2.77. The summed E-state index contributed by atoms with van der Waals surface area (Å²) in [4.78, 5) is 4.48. The lowest BCUT2D eigenvalue weighted by molar-refractivity contribution is 0.629. The Hall–Kier alpha value is -1.39. The minimum Gasteiger partial charge on any atom is -0.294 e. The molecule has 2 aromatic carbocycles. The normalized spacial score (nSPS) is 12.8. The van der Waals surface area contributed by atoms with Crippen molar-refractivity contribution in [3.63, 3.8) is 0 Å². The van der Waals surface area contributed by atoms with Crippen LogP contribution in [0.1, 0.15) is 23.7 Å². The second kappa shape index (κ2) is 5.43. The zero-order valence-electron chi connectivity index (χ0n) is 11.6. The minimum atomic E-state index is -0.302. The lowest BCUT2D eigenvalue weighted by Crippen LogP contribution is -2.02. The predicted octanol–water partition coefficient (Wildman–Crippen LogP) is 5.54. The third-order valence-corrected chi connectivity index (χ3v) is 4.17. The number of benzene rings is 2. The van der Waals surface area contributed by atoms with Gasteiger partial charge in [0, 0.05) is 10.5 Å². The molecule has 1 atom stereocenters. The first kappa shape index (κ1) is 14.5. The Morgan fingerprint density at radius 3 is 2.67 bits per heavy atom. The highest BCUT2D eigenvalue weighted by Crippen LogP contribution is 2.32. The van der Waals surface area contributed by atoms with Crippen LogP contribution in [-0.2, 0) is 0 Å². The van der Waals surface area contributed by atoms with Crippen molar-refractivity contribution >= 4 is 38.6 Å². The van der Waals surface area contributed by atoms with Gasteiger partial charge >= 0.3 is 0 Å². The quantitative estimate of drug-likeness (QED) is 0.544. The molecule has 3 aromatic rings. The molecule has 0 bridgehead atoms. The molecule has 21 heavy (non-hydrogen) atoms. The molecule has 108 valence electrons. The van der Waals surface area contributed by atoms with E-state index in [1.165, 1.54) is 12.1 Å². The standard InChI is InChI=1S/C16H13BrClFN2/c1-9-3-5-14(12(17)7-9)21-15-6-4-11(19)8-13(15)20-16(21)10(2)18/h3-8,10H,1-2H3. The molecular formula is C16H13BrClFN2. The molecule has 0 saturated carbocycles. The lowest BCUT2D eigenvalue weighted by atomic mass is 10.2. The Morgan fingerprint density at radius 2 is 2.00 bits per heavy atom. The van der Waals surface area contributed by atoms with Gasteiger partial charge < -0.3 is 0 Å². The second-order valence-corrected chi connectivity index (χ2v) is 6.52. The Labute approximate surface area is 135 Å². The van der Waals surface area contributed by atoms with Gasteiger partial charge in [0.1, 0.15) is 11.6 Å². The van der Waals surface area contributed by atoms with E-state index < -0.39 is 0 Å². The van der Waals surface area contributed by atoms with E-state index in [0.717, 1.165) is 21.2 Å². The molecule has 0 amide bonds. The maximum Gasteiger partial charge on any atom is 0.132 e. The smallest absolute Gasteiger partial charge is 0.132 e. The van der Waals surface area contributed by atoms with E-state index in [1.54, 1.807) is 6.07 Å². The molecule has 0 aliphatic carbocycles. The van der Waals surface area contributed by atoms with E-state index in [-0.39, 0.29) is 11.2 Å². The fraction of sp³-hybridized carbons (Fsp3) is 0.188. The summed E-state index contributed by atoms with van der Waals surface area (Å²) in [5.41, 5.74) is 3.53. The summed E-state index contributed by atoms with van der Waals surface area (Å²) in [6.07, 6.45) is 0. The van der Waals surface area contributed by atoms with Crippen LogP contribution in [0.2, 0.25) is 0 Å². The van der Waals surface area contributed by atoms with Crippen LogP contribution in [0.15, 0.2) is 40.9 Å². The van der Waals surface area contributed by atoms with Crippen LogP contribution in [0.4, 0.5) is 4.39 Å². The maximum atomic E-state index is 13.4. The summed E-state index contributed by atoms with van der Waals surface area (Å²) in [5, 5.41) is -0.284. The number of alkyl halides is 1. The van der Waals surface area contributed by atoms with Gasteiger partial charge in [-0.05, 0) is 59.6 Å². The summed E-state index contributed by atoms with van der Waals surface area (Å²) < 4.78 is 16.3. The monoisotopic (exact) mass is 366 g/mol. The van der Waals surface area contributed by atoms with Gasteiger partial charge in [-0.25, -0.2) is 9.37 Å². The summed E-state index contributed by atoms with van der Waals surface area (Å²) in [5.74, 6) is 0.394. The van der Waals surface area contributed by atoms with Gasteiger partial charge in [-0.3, -0.25) is 4.57 Å². The van der Waals surface area contributed by atoms with E-state index in [0.29, 0.717) is 11.3 Å². The van der Waals surface area contributed by atoms with E-state index in [9.17, 15) is 4.39 Å². The van der Waals surface area contributed by atoms with Gasteiger partial charge in [0.25, 0.3) is 0 Å². The number of nitrogens with zero attached hydrogens (tertiary/aromatic N) is 2. The summed E-state index contributed by atoms with van der Waals surface area (Å²) in [6.45, 7) is 3.89. The summed E-state index contributed by atoms with van der Waals surface area (Å²) in [7, 11) is 0. The van der Waals surface area contributed by atoms with Crippen molar-refractivity contribution in [1.29, 1.82) is 0 Å². The molecule has 0 aliphatic rings. The van der Waals surface area contributed by atoms with E-state index in [2.05, 4.69) is 20.9 Å². The second-order valence-electron chi connectivity index (χ2n) is 5.01. The van der Waals surface area contributed by atoms with Gasteiger partial charge in [0.2, 0.25) is 0 Å². The fourth-order valence-corrected chi connectivity index (χ4v) is 3.20. The van der Waals surface area contributed by atoms with Crippen molar-refractivity contribution in [1.82, 2.24) is 9.55 Å². The molecule has 2 nitrogen and oxygen atoms in total. The van der Waals surface area contributed by atoms with Gasteiger partial charge in [-0.15, -0.1) is 11.6 Å². The average molecular weight is 368 g/mol. The number of aryl methyl sites for hydroxylation is 1. The van der Waals surface area contributed by atoms with Crippen LogP contribution in [-0.4, -0.2) is 9.55 Å². The van der Waals surface area contributed by atoms with Crippen LogP contribution in [0.25, 0.3) is 16.7 Å². The third kappa shape index (κ3) is 2.58. The van der Waals surface area contributed by atoms with Crippen molar-refractivity contribution in [2.24, 2.45) is 0 Å². The maximum absolute atomic E-state index is 13.4. The zero-order chi connectivity index (χ0) is 15.1. The molecule has 1 aromatic heterocycles. The van der Waals surface area contributed by atoms with Gasteiger partial charge in [-0.2, -0.15) is 0 Å². The molecule has 3 rings (SSSR count). The van der Waals surface area contributed by atoms with Crippen LogP contribution < -0.4 is 0 Å². The topological polar surface area (TPSA) is 17.8 Å². The summed E-state index contributed by atoms with van der Waals surface area (Å²) >= 11 is 9.85. The zero-order valence-corrected chi connectivity index (χ0v) is 13.9. The number of halogens is 3. The minimum absolute atomic E-state index is 0.284. The molecule has 0 aliphatic heterocycles. The number of fused-ring (bicyclic) bond motifs is 1. The molecule has 0 spiro atoms. The molecule has 0 saturated heterocycles. The number of imidazole rings is 1. The number of aromatic nitrogens is 2. The Morgan fingerprint density at radius 1 is 1.24 bits per heavy atom. The molecule has 1 heterocycles.